The number of amides is 1. The number of carbonyl (C=O) groups excluding carboxylic acids is 1. The van der Waals surface area contributed by atoms with Gasteiger partial charge in [0.2, 0.25) is 0 Å². The normalized spacial score (nSPS) is 13.9. The Morgan fingerprint density at radius 3 is 1.89 bits per heavy atom. The highest BCUT2D eigenvalue weighted by Crippen LogP contribution is 2.12. The van der Waals surface area contributed by atoms with Gasteiger partial charge in [0.1, 0.15) is 12.1 Å². The molecule has 0 aliphatic rings. The molecule has 0 radical (unpaired) electrons. The van der Waals surface area contributed by atoms with Crippen LogP contribution in [-0.4, -0.2) is 45.7 Å². The van der Waals surface area contributed by atoms with Crippen molar-refractivity contribution in [3.63, 3.8) is 0 Å². The molecule has 2 unspecified atom stereocenters. The van der Waals surface area contributed by atoms with Crippen LogP contribution in [0.5, 0.6) is 0 Å². The molecular weight excluding hydrogens is 348 g/mol. The maximum Gasteiger partial charge on any atom is 0.321 e. The molecule has 150 valence electrons. The third kappa shape index (κ3) is 8.21. The Kier molecular flexibility index (Phi) is 7.97. The summed E-state index contributed by atoms with van der Waals surface area (Å²) in [6.45, 7) is 9.43. The summed E-state index contributed by atoms with van der Waals surface area (Å²) in [7, 11) is 0. The second-order valence-corrected chi connectivity index (χ2v) is 8.18. The van der Waals surface area contributed by atoms with E-state index in [9.17, 15) is 24.6 Å². The van der Waals surface area contributed by atoms with Crippen LogP contribution < -0.4 is 10.6 Å². The van der Waals surface area contributed by atoms with E-state index in [-0.39, 0.29) is 23.8 Å². The maximum atomic E-state index is 12.1. The van der Waals surface area contributed by atoms with Crippen LogP contribution in [0.4, 0.5) is 0 Å². The summed E-state index contributed by atoms with van der Waals surface area (Å²) in [5.74, 6) is -2.26. The molecule has 1 aromatic rings. The first-order valence-corrected chi connectivity index (χ1v) is 9.02. The van der Waals surface area contributed by atoms with Crippen molar-refractivity contribution in [2.75, 3.05) is 0 Å². The molecule has 0 heterocycles. The summed E-state index contributed by atoms with van der Waals surface area (Å²) in [6.07, 6.45) is 0.462. The van der Waals surface area contributed by atoms with E-state index < -0.39 is 24.0 Å². The predicted molar refractivity (Wildman–Crippen MR) is 103 cm³/mol. The van der Waals surface area contributed by atoms with E-state index in [0.29, 0.717) is 17.5 Å². The lowest BCUT2D eigenvalue weighted by molar-refractivity contribution is -0.142. The largest absolute Gasteiger partial charge is 0.480 e. The van der Waals surface area contributed by atoms with Gasteiger partial charge in [0, 0.05) is 11.1 Å². The standard InChI is InChI=1S/C20H30N2O5/c1-12(2)10-15(18(24)25)21-16(19(26)27)11-13-6-8-14(9-7-13)17(23)22-20(3,4)5/h6-9,12,15-16,21H,10-11H2,1-5H3,(H,22,23)(H,24,25)(H,26,27). The van der Waals surface area contributed by atoms with Gasteiger partial charge in [-0.2, -0.15) is 0 Å². The van der Waals surface area contributed by atoms with E-state index in [1.807, 2.05) is 34.6 Å². The number of nitrogens with one attached hydrogen (secondary N) is 2. The molecule has 2 atom stereocenters. The number of carboxylic acids is 2. The van der Waals surface area contributed by atoms with E-state index >= 15 is 0 Å². The average molecular weight is 378 g/mol. The van der Waals surface area contributed by atoms with E-state index in [4.69, 9.17) is 0 Å². The molecule has 0 aliphatic heterocycles. The second-order valence-electron chi connectivity index (χ2n) is 8.18. The molecule has 4 N–H and O–H groups in total. The molecule has 0 aromatic heterocycles. The van der Waals surface area contributed by atoms with Gasteiger partial charge < -0.3 is 15.5 Å². The van der Waals surface area contributed by atoms with Crippen molar-refractivity contribution < 1.29 is 24.6 Å². The van der Waals surface area contributed by atoms with Crippen molar-refractivity contribution >= 4 is 17.8 Å². The Labute approximate surface area is 160 Å². The Balaban J connectivity index is 2.84. The number of aliphatic carboxylic acids is 2. The van der Waals surface area contributed by atoms with Gasteiger partial charge in [-0.05, 0) is 57.2 Å². The van der Waals surface area contributed by atoms with Gasteiger partial charge >= 0.3 is 11.9 Å². The maximum absolute atomic E-state index is 12.1. The minimum Gasteiger partial charge on any atom is -0.480 e. The third-order valence-electron chi connectivity index (χ3n) is 3.85. The molecular formula is C20H30N2O5. The molecule has 1 aromatic carbocycles. The molecule has 0 fully saturated rings. The van der Waals surface area contributed by atoms with Crippen LogP contribution in [0.15, 0.2) is 24.3 Å². The van der Waals surface area contributed by atoms with E-state index in [0.717, 1.165) is 0 Å². The fourth-order valence-electron chi connectivity index (χ4n) is 2.61. The van der Waals surface area contributed by atoms with Gasteiger partial charge in [0.05, 0.1) is 0 Å². The summed E-state index contributed by atoms with van der Waals surface area (Å²) < 4.78 is 0. The monoisotopic (exact) mass is 378 g/mol. The number of hydrogen-bond donors (Lipinski definition) is 4. The molecule has 7 heteroatoms. The molecule has 0 bridgehead atoms. The van der Waals surface area contributed by atoms with Crippen LogP contribution in [0, 0.1) is 5.92 Å². The molecule has 1 amide bonds. The van der Waals surface area contributed by atoms with Crippen LogP contribution in [0.2, 0.25) is 0 Å². The highest BCUT2D eigenvalue weighted by atomic mass is 16.4. The van der Waals surface area contributed by atoms with Crippen molar-refractivity contribution in [2.45, 2.75) is 65.1 Å². The van der Waals surface area contributed by atoms with Gasteiger partial charge in [0.25, 0.3) is 5.91 Å². The van der Waals surface area contributed by atoms with Crippen molar-refractivity contribution in [1.29, 1.82) is 0 Å². The Morgan fingerprint density at radius 1 is 0.963 bits per heavy atom. The highest BCUT2D eigenvalue weighted by molar-refractivity contribution is 5.94. The Hall–Kier alpha value is -2.41. The van der Waals surface area contributed by atoms with Crippen LogP contribution in [-0.2, 0) is 16.0 Å². The first-order chi connectivity index (χ1) is 12.4. The lowest BCUT2D eigenvalue weighted by atomic mass is 9.99. The summed E-state index contributed by atoms with van der Waals surface area (Å²) in [5, 5.41) is 24.3. The highest BCUT2D eigenvalue weighted by Gasteiger charge is 2.27. The van der Waals surface area contributed by atoms with Crippen molar-refractivity contribution in [3.05, 3.63) is 35.4 Å². The number of carbonyl (C=O) groups is 3. The molecule has 0 spiro atoms. The van der Waals surface area contributed by atoms with Crippen molar-refractivity contribution in [3.8, 4) is 0 Å². The second kappa shape index (κ2) is 9.50. The zero-order valence-electron chi connectivity index (χ0n) is 16.6. The molecule has 27 heavy (non-hydrogen) atoms. The minimum atomic E-state index is -1.11. The molecule has 1 rings (SSSR count). The first-order valence-electron chi connectivity index (χ1n) is 9.02. The van der Waals surface area contributed by atoms with Crippen molar-refractivity contribution in [2.24, 2.45) is 5.92 Å². The van der Waals surface area contributed by atoms with Gasteiger partial charge in [0.15, 0.2) is 0 Å². The third-order valence-corrected chi connectivity index (χ3v) is 3.85. The van der Waals surface area contributed by atoms with E-state index in [2.05, 4.69) is 10.6 Å². The van der Waals surface area contributed by atoms with E-state index in [1.54, 1.807) is 24.3 Å². The SMILES string of the molecule is CC(C)CC(NC(Cc1ccc(C(=O)NC(C)(C)C)cc1)C(=O)O)C(=O)O. The van der Waals surface area contributed by atoms with Crippen LogP contribution in [0.1, 0.15) is 57.0 Å². The van der Waals surface area contributed by atoms with Crippen LogP contribution in [0.3, 0.4) is 0 Å². The van der Waals surface area contributed by atoms with Crippen LogP contribution >= 0.6 is 0 Å². The fraction of sp³-hybridized carbons (Fsp3) is 0.550. The first kappa shape index (κ1) is 22.6. The van der Waals surface area contributed by atoms with Gasteiger partial charge in [-0.3, -0.25) is 19.7 Å². The molecule has 0 saturated heterocycles. The average Bonchev–Trinajstić information content (AvgIpc) is 2.51. The minimum absolute atomic E-state index is 0.119. The smallest absolute Gasteiger partial charge is 0.321 e. The summed E-state index contributed by atoms with van der Waals surface area (Å²) in [6, 6.07) is 4.69. The zero-order chi connectivity index (χ0) is 20.8. The predicted octanol–water partition coefficient (Wildman–Crippen LogP) is 2.30. The Bertz CT molecular complexity index is 662. The topological polar surface area (TPSA) is 116 Å². The Morgan fingerprint density at radius 2 is 1.48 bits per heavy atom. The van der Waals surface area contributed by atoms with E-state index in [1.165, 1.54) is 0 Å². The number of rotatable bonds is 9. The lowest BCUT2D eigenvalue weighted by Crippen LogP contribution is -2.48. The lowest BCUT2D eigenvalue weighted by Gasteiger charge is -2.22. The number of hydrogen-bond acceptors (Lipinski definition) is 4. The van der Waals surface area contributed by atoms with Crippen molar-refractivity contribution in [1.82, 2.24) is 10.6 Å². The zero-order valence-corrected chi connectivity index (χ0v) is 16.6. The number of benzene rings is 1. The van der Waals surface area contributed by atoms with Crippen LogP contribution in [0.25, 0.3) is 0 Å². The number of carboxylic acid groups (broad SMARTS) is 2. The van der Waals surface area contributed by atoms with Gasteiger partial charge in [-0.15, -0.1) is 0 Å². The quantitative estimate of drug-likeness (QED) is 0.524. The summed E-state index contributed by atoms with van der Waals surface area (Å²) in [5.41, 5.74) is 0.837. The summed E-state index contributed by atoms with van der Waals surface area (Å²) in [4.78, 5) is 35.1. The summed E-state index contributed by atoms with van der Waals surface area (Å²) >= 11 is 0. The molecule has 0 saturated carbocycles. The fourth-order valence-corrected chi connectivity index (χ4v) is 2.61. The van der Waals surface area contributed by atoms with Gasteiger partial charge in [-0.25, -0.2) is 0 Å². The molecule has 0 aliphatic carbocycles. The van der Waals surface area contributed by atoms with Gasteiger partial charge in [-0.1, -0.05) is 26.0 Å². The molecule has 7 nitrogen and oxygen atoms in total.